The van der Waals surface area contributed by atoms with Gasteiger partial charge in [-0.05, 0) is 25.8 Å². The van der Waals surface area contributed by atoms with E-state index in [0.29, 0.717) is 12.6 Å². The van der Waals surface area contributed by atoms with Crippen LogP contribution in [0.4, 0.5) is 0 Å². The van der Waals surface area contributed by atoms with Gasteiger partial charge in [-0.3, -0.25) is 4.68 Å². The highest BCUT2D eigenvalue weighted by Crippen LogP contribution is 2.18. The third-order valence-electron chi connectivity index (χ3n) is 3.29. The van der Waals surface area contributed by atoms with Gasteiger partial charge in [0.1, 0.15) is 0 Å². The van der Waals surface area contributed by atoms with E-state index in [1.54, 1.807) is 31.2 Å². The van der Waals surface area contributed by atoms with Crippen molar-refractivity contribution >= 4 is 10.2 Å². The second-order valence-electron chi connectivity index (χ2n) is 5.25. The molecule has 7 nitrogen and oxygen atoms in total. The maximum absolute atomic E-state index is 12.0. The molecular formula is C12H23N5O2S. The van der Waals surface area contributed by atoms with E-state index in [1.165, 1.54) is 17.1 Å². The fourth-order valence-corrected chi connectivity index (χ4v) is 2.80. The van der Waals surface area contributed by atoms with E-state index in [1.807, 2.05) is 0 Å². The number of nitrogens with one attached hydrogen (secondary N) is 2. The van der Waals surface area contributed by atoms with Crippen LogP contribution in [0.15, 0.2) is 12.4 Å². The van der Waals surface area contributed by atoms with E-state index in [4.69, 9.17) is 0 Å². The molecule has 1 aromatic heterocycles. The Morgan fingerprint density at radius 1 is 1.50 bits per heavy atom. The number of hydrogen-bond donors (Lipinski definition) is 2. The third kappa shape index (κ3) is 4.86. The standard InChI is InChI=1S/C12H23N5O2S/c1-16-10-11(8-14-16)9-15-20(18,19)17(2)7-3-6-13-12-4-5-12/h8,10,12-13,15H,3-7,9H2,1-2H3. The molecule has 114 valence electrons. The van der Waals surface area contributed by atoms with E-state index >= 15 is 0 Å². The number of nitrogens with zero attached hydrogens (tertiary/aromatic N) is 3. The average molecular weight is 301 g/mol. The van der Waals surface area contributed by atoms with Crippen molar-refractivity contribution in [3.63, 3.8) is 0 Å². The van der Waals surface area contributed by atoms with Gasteiger partial charge in [0.05, 0.1) is 6.20 Å². The van der Waals surface area contributed by atoms with Gasteiger partial charge in [0.15, 0.2) is 0 Å². The zero-order chi connectivity index (χ0) is 14.6. The van der Waals surface area contributed by atoms with Crippen LogP contribution in [-0.4, -0.2) is 48.7 Å². The summed E-state index contributed by atoms with van der Waals surface area (Å²) in [7, 11) is -0.0133. The lowest BCUT2D eigenvalue weighted by atomic mass is 10.4. The molecule has 20 heavy (non-hydrogen) atoms. The molecule has 2 N–H and O–H groups in total. The van der Waals surface area contributed by atoms with E-state index in [2.05, 4.69) is 15.1 Å². The van der Waals surface area contributed by atoms with Crippen molar-refractivity contribution in [2.45, 2.75) is 31.8 Å². The van der Waals surface area contributed by atoms with Crippen molar-refractivity contribution in [2.75, 3.05) is 20.1 Å². The molecule has 0 amide bonds. The average Bonchev–Trinajstić information content (AvgIpc) is 3.13. The summed E-state index contributed by atoms with van der Waals surface area (Å²) >= 11 is 0. The third-order valence-corrected chi connectivity index (χ3v) is 4.80. The number of rotatable bonds is 9. The Kier molecular flexibility index (Phi) is 5.14. The molecule has 0 aromatic carbocycles. The topological polar surface area (TPSA) is 79.3 Å². The fraction of sp³-hybridized carbons (Fsp3) is 0.750. The molecule has 1 aromatic rings. The summed E-state index contributed by atoms with van der Waals surface area (Å²) in [5.41, 5.74) is 0.847. The Bertz CT molecular complexity index is 524. The van der Waals surface area contributed by atoms with Crippen molar-refractivity contribution in [3.05, 3.63) is 18.0 Å². The second-order valence-corrected chi connectivity index (χ2v) is 7.11. The molecule has 1 heterocycles. The molecule has 1 saturated carbocycles. The predicted octanol–water partition coefficient (Wildman–Crippen LogP) is -0.172. The minimum absolute atomic E-state index is 0.265. The molecule has 1 fully saturated rings. The van der Waals surface area contributed by atoms with E-state index in [9.17, 15) is 8.42 Å². The monoisotopic (exact) mass is 301 g/mol. The summed E-state index contributed by atoms with van der Waals surface area (Å²) in [6.45, 7) is 1.65. The van der Waals surface area contributed by atoms with Crippen LogP contribution in [0.25, 0.3) is 0 Å². The molecule has 0 radical (unpaired) electrons. The molecule has 0 aliphatic heterocycles. The molecule has 8 heteroatoms. The van der Waals surface area contributed by atoms with E-state index in [-0.39, 0.29) is 6.54 Å². The Labute approximate surface area is 120 Å². The van der Waals surface area contributed by atoms with Crippen LogP contribution in [0.3, 0.4) is 0 Å². The highest BCUT2D eigenvalue weighted by atomic mass is 32.2. The van der Waals surface area contributed by atoms with Crippen LogP contribution in [0.5, 0.6) is 0 Å². The quantitative estimate of drug-likeness (QED) is 0.621. The summed E-state index contributed by atoms with van der Waals surface area (Å²) in [6, 6.07) is 0.667. The van der Waals surface area contributed by atoms with Crippen molar-refractivity contribution in [2.24, 2.45) is 7.05 Å². The van der Waals surface area contributed by atoms with Gasteiger partial charge in [-0.1, -0.05) is 0 Å². The Hall–Kier alpha value is -0.960. The highest BCUT2D eigenvalue weighted by molar-refractivity contribution is 7.87. The van der Waals surface area contributed by atoms with Crippen LogP contribution >= 0.6 is 0 Å². The smallest absolute Gasteiger partial charge is 0.279 e. The first-order chi connectivity index (χ1) is 9.47. The van der Waals surface area contributed by atoms with Crippen LogP contribution < -0.4 is 10.0 Å². The normalized spacial score (nSPS) is 15.9. The summed E-state index contributed by atoms with van der Waals surface area (Å²) < 4.78 is 29.6. The Morgan fingerprint density at radius 2 is 2.25 bits per heavy atom. The van der Waals surface area contributed by atoms with Crippen molar-refractivity contribution < 1.29 is 8.42 Å². The molecular weight excluding hydrogens is 278 g/mol. The first kappa shape index (κ1) is 15.4. The Balaban J connectivity index is 1.70. The van der Waals surface area contributed by atoms with Crippen LogP contribution in [-0.2, 0) is 23.8 Å². The van der Waals surface area contributed by atoms with Crippen molar-refractivity contribution in [1.82, 2.24) is 24.1 Å². The zero-order valence-electron chi connectivity index (χ0n) is 12.0. The lowest BCUT2D eigenvalue weighted by Crippen LogP contribution is -2.39. The molecule has 2 rings (SSSR count). The van der Waals surface area contributed by atoms with Crippen LogP contribution in [0.2, 0.25) is 0 Å². The number of aryl methyl sites for hydroxylation is 1. The van der Waals surface area contributed by atoms with Gasteiger partial charge in [0.2, 0.25) is 0 Å². The van der Waals surface area contributed by atoms with Crippen molar-refractivity contribution in [3.8, 4) is 0 Å². The van der Waals surface area contributed by atoms with Gasteiger partial charge in [-0.15, -0.1) is 0 Å². The van der Waals surface area contributed by atoms with Gasteiger partial charge in [-0.25, -0.2) is 0 Å². The minimum Gasteiger partial charge on any atom is -0.314 e. The van der Waals surface area contributed by atoms with Gasteiger partial charge < -0.3 is 5.32 Å². The highest BCUT2D eigenvalue weighted by Gasteiger charge is 2.20. The van der Waals surface area contributed by atoms with E-state index in [0.717, 1.165) is 18.5 Å². The molecule has 0 atom stereocenters. The first-order valence-corrected chi connectivity index (χ1v) is 8.33. The largest absolute Gasteiger partial charge is 0.314 e. The molecule has 1 aliphatic rings. The zero-order valence-corrected chi connectivity index (χ0v) is 12.9. The minimum atomic E-state index is -3.42. The summed E-state index contributed by atoms with van der Waals surface area (Å²) in [5.74, 6) is 0. The first-order valence-electron chi connectivity index (χ1n) is 6.89. The molecule has 1 aliphatic carbocycles. The summed E-state index contributed by atoms with van der Waals surface area (Å²) in [5, 5.41) is 7.38. The number of aromatic nitrogens is 2. The molecule has 0 bridgehead atoms. The van der Waals surface area contributed by atoms with Gasteiger partial charge >= 0.3 is 0 Å². The van der Waals surface area contributed by atoms with E-state index < -0.39 is 10.2 Å². The van der Waals surface area contributed by atoms with Crippen LogP contribution in [0, 0.1) is 0 Å². The lowest BCUT2D eigenvalue weighted by molar-refractivity contribution is 0.444. The van der Waals surface area contributed by atoms with Gasteiger partial charge in [-0.2, -0.15) is 22.5 Å². The van der Waals surface area contributed by atoms with Crippen LogP contribution in [0.1, 0.15) is 24.8 Å². The van der Waals surface area contributed by atoms with Gasteiger partial charge in [0, 0.05) is 45.0 Å². The second kappa shape index (κ2) is 6.66. The molecule has 0 spiro atoms. The predicted molar refractivity (Wildman–Crippen MR) is 77.2 cm³/mol. The summed E-state index contributed by atoms with van der Waals surface area (Å²) in [6.07, 6.45) is 6.77. The molecule has 0 saturated heterocycles. The fourth-order valence-electron chi connectivity index (χ4n) is 1.86. The number of hydrogen-bond acceptors (Lipinski definition) is 4. The molecule has 0 unspecified atom stereocenters. The SMILES string of the molecule is CN(CCCNC1CC1)S(=O)(=O)NCc1cnn(C)c1. The maximum Gasteiger partial charge on any atom is 0.279 e. The van der Waals surface area contributed by atoms with Gasteiger partial charge in [0.25, 0.3) is 10.2 Å². The summed E-state index contributed by atoms with van der Waals surface area (Å²) in [4.78, 5) is 0. The Morgan fingerprint density at radius 3 is 2.85 bits per heavy atom. The maximum atomic E-state index is 12.0. The lowest BCUT2D eigenvalue weighted by Gasteiger charge is -2.17. The van der Waals surface area contributed by atoms with Crippen molar-refractivity contribution in [1.29, 1.82) is 0 Å².